The molecule has 102 valence electrons. The van der Waals surface area contributed by atoms with E-state index in [1.165, 1.54) is 5.56 Å². The third-order valence-electron chi connectivity index (χ3n) is 3.28. The van der Waals surface area contributed by atoms with Crippen LogP contribution >= 0.6 is 0 Å². The molecule has 0 saturated carbocycles. The molecule has 2 N–H and O–H groups in total. The standard InChI is InChI=1S/C16H18N4/c1-3-13(11-17-8-1)12-20-15-6-4-14(5-7-15)16-18-9-2-10-19-16/h1,3-8,11,20H,2,9-10,12H2,(H,18,19). The van der Waals surface area contributed by atoms with Crippen LogP contribution in [0.25, 0.3) is 0 Å². The van der Waals surface area contributed by atoms with Gasteiger partial charge in [-0.15, -0.1) is 0 Å². The SMILES string of the molecule is c1cncc(CNc2ccc(C3=NCCCN3)cc2)c1. The van der Waals surface area contributed by atoms with E-state index < -0.39 is 0 Å². The van der Waals surface area contributed by atoms with Crippen molar-refractivity contribution in [3.05, 3.63) is 59.9 Å². The van der Waals surface area contributed by atoms with E-state index in [0.717, 1.165) is 43.1 Å². The number of rotatable bonds is 4. The molecule has 0 atom stereocenters. The zero-order chi connectivity index (χ0) is 13.6. The molecule has 1 aliphatic heterocycles. The Morgan fingerprint density at radius 2 is 2.05 bits per heavy atom. The van der Waals surface area contributed by atoms with Gasteiger partial charge < -0.3 is 10.6 Å². The fourth-order valence-corrected chi connectivity index (χ4v) is 2.18. The first-order valence-corrected chi connectivity index (χ1v) is 6.93. The Balaban J connectivity index is 1.63. The summed E-state index contributed by atoms with van der Waals surface area (Å²) < 4.78 is 0. The van der Waals surface area contributed by atoms with E-state index >= 15 is 0 Å². The quantitative estimate of drug-likeness (QED) is 0.893. The monoisotopic (exact) mass is 266 g/mol. The zero-order valence-corrected chi connectivity index (χ0v) is 11.3. The minimum Gasteiger partial charge on any atom is -0.381 e. The highest BCUT2D eigenvalue weighted by molar-refractivity contribution is 5.99. The van der Waals surface area contributed by atoms with Crippen molar-refractivity contribution in [1.82, 2.24) is 10.3 Å². The fourth-order valence-electron chi connectivity index (χ4n) is 2.18. The lowest BCUT2D eigenvalue weighted by atomic mass is 10.1. The number of hydrogen-bond donors (Lipinski definition) is 2. The lowest BCUT2D eigenvalue weighted by Gasteiger charge is -2.15. The van der Waals surface area contributed by atoms with Crippen LogP contribution in [-0.4, -0.2) is 23.9 Å². The van der Waals surface area contributed by atoms with Crippen molar-refractivity contribution in [1.29, 1.82) is 0 Å². The van der Waals surface area contributed by atoms with Gasteiger partial charge in [-0.1, -0.05) is 6.07 Å². The van der Waals surface area contributed by atoms with Gasteiger partial charge in [-0.25, -0.2) is 0 Å². The molecule has 4 heteroatoms. The summed E-state index contributed by atoms with van der Waals surface area (Å²) in [6, 6.07) is 12.4. The van der Waals surface area contributed by atoms with Crippen molar-refractivity contribution in [3.63, 3.8) is 0 Å². The molecule has 0 amide bonds. The number of aliphatic imine (C=N–C) groups is 1. The molecule has 4 nitrogen and oxygen atoms in total. The topological polar surface area (TPSA) is 49.3 Å². The molecule has 0 spiro atoms. The van der Waals surface area contributed by atoms with E-state index in [1.807, 2.05) is 12.3 Å². The second-order valence-electron chi connectivity index (χ2n) is 4.80. The third kappa shape index (κ3) is 3.15. The number of amidine groups is 1. The highest BCUT2D eigenvalue weighted by Gasteiger charge is 2.06. The summed E-state index contributed by atoms with van der Waals surface area (Å²) in [4.78, 5) is 8.61. The van der Waals surface area contributed by atoms with Crippen LogP contribution in [0.15, 0.2) is 53.8 Å². The van der Waals surface area contributed by atoms with Gasteiger partial charge in [0.2, 0.25) is 0 Å². The van der Waals surface area contributed by atoms with Crippen LogP contribution in [0.5, 0.6) is 0 Å². The van der Waals surface area contributed by atoms with Crippen LogP contribution in [0.2, 0.25) is 0 Å². The molecule has 0 bridgehead atoms. The second kappa shape index (κ2) is 6.19. The summed E-state index contributed by atoms with van der Waals surface area (Å²) in [5.74, 6) is 1.01. The maximum absolute atomic E-state index is 4.50. The summed E-state index contributed by atoms with van der Waals surface area (Å²) in [6.45, 7) is 2.72. The Morgan fingerprint density at radius 3 is 2.75 bits per heavy atom. The number of nitrogens with one attached hydrogen (secondary N) is 2. The lowest BCUT2D eigenvalue weighted by Crippen LogP contribution is -2.30. The number of anilines is 1. The Hall–Kier alpha value is -2.36. The maximum Gasteiger partial charge on any atom is 0.128 e. The first-order chi connectivity index (χ1) is 9.92. The van der Waals surface area contributed by atoms with Crippen LogP contribution < -0.4 is 10.6 Å². The molecule has 1 aromatic heterocycles. The van der Waals surface area contributed by atoms with Crippen molar-refractivity contribution >= 4 is 11.5 Å². The van der Waals surface area contributed by atoms with Crippen LogP contribution in [0.1, 0.15) is 17.5 Å². The largest absolute Gasteiger partial charge is 0.381 e. The molecular formula is C16H18N4. The van der Waals surface area contributed by atoms with Crippen molar-refractivity contribution in [2.24, 2.45) is 4.99 Å². The molecule has 0 fully saturated rings. The molecule has 0 saturated heterocycles. The van der Waals surface area contributed by atoms with Crippen molar-refractivity contribution < 1.29 is 0 Å². The predicted molar refractivity (Wildman–Crippen MR) is 82.0 cm³/mol. The summed E-state index contributed by atoms with van der Waals surface area (Å²) in [6.07, 6.45) is 4.78. The van der Waals surface area contributed by atoms with E-state index in [2.05, 4.69) is 50.9 Å². The molecule has 0 aliphatic carbocycles. The zero-order valence-electron chi connectivity index (χ0n) is 11.3. The minimum atomic E-state index is 0.784. The van der Waals surface area contributed by atoms with Gasteiger partial charge >= 0.3 is 0 Å². The van der Waals surface area contributed by atoms with Gasteiger partial charge in [0.05, 0.1) is 0 Å². The van der Waals surface area contributed by atoms with E-state index in [-0.39, 0.29) is 0 Å². The normalized spacial score (nSPS) is 14.3. The Morgan fingerprint density at radius 1 is 1.15 bits per heavy atom. The average Bonchev–Trinajstić information content (AvgIpc) is 2.55. The molecule has 20 heavy (non-hydrogen) atoms. The fraction of sp³-hybridized carbons (Fsp3) is 0.250. The molecule has 1 aromatic carbocycles. The number of benzene rings is 1. The van der Waals surface area contributed by atoms with E-state index in [0.29, 0.717) is 0 Å². The molecule has 0 unspecified atom stereocenters. The van der Waals surface area contributed by atoms with E-state index in [1.54, 1.807) is 6.20 Å². The van der Waals surface area contributed by atoms with Gasteiger partial charge in [0.25, 0.3) is 0 Å². The number of nitrogens with zero attached hydrogens (tertiary/aromatic N) is 2. The molecule has 2 heterocycles. The first kappa shape index (κ1) is 12.7. The van der Waals surface area contributed by atoms with Crippen molar-refractivity contribution in [2.45, 2.75) is 13.0 Å². The van der Waals surface area contributed by atoms with Gasteiger partial charge in [0, 0.05) is 43.3 Å². The van der Waals surface area contributed by atoms with Crippen LogP contribution in [0, 0.1) is 0 Å². The van der Waals surface area contributed by atoms with E-state index in [4.69, 9.17) is 0 Å². The van der Waals surface area contributed by atoms with Gasteiger partial charge in [0.15, 0.2) is 0 Å². The molecule has 3 rings (SSSR count). The smallest absolute Gasteiger partial charge is 0.128 e. The Bertz CT molecular complexity index is 575. The second-order valence-corrected chi connectivity index (χ2v) is 4.80. The number of pyridine rings is 1. The summed E-state index contributed by atoms with van der Waals surface area (Å²) in [5.41, 5.74) is 3.43. The first-order valence-electron chi connectivity index (χ1n) is 6.93. The van der Waals surface area contributed by atoms with Crippen LogP contribution in [0.4, 0.5) is 5.69 Å². The van der Waals surface area contributed by atoms with Gasteiger partial charge in [0.1, 0.15) is 5.84 Å². The average molecular weight is 266 g/mol. The number of aromatic nitrogens is 1. The number of hydrogen-bond acceptors (Lipinski definition) is 4. The maximum atomic E-state index is 4.50. The molecule has 0 radical (unpaired) electrons. The Labute approximate surface area is 119 Å². The van der Waals surface area contributed by atoms with Gasteiger partial charge in [-0.2, -0.15) is 0 Å². The lowest BCUT2D eigenvalue weighted by molar-refractivity contribution is 0.742. The third-order valence-corrected chi connectivity index (χ3v) is 3.28. The Kier molecular flexibility index (Phi) is 3.92. The van der Waals surface area contributed by atoms with Gasteiger partial charge in [-0.3, -0.25) is 9.98 Å². The highest BCUT2D eigenvalue weighted by Crippen LogP contribution is 2.12. The summed E-state index contributed by atoms with van der Waals surface area (Å²) in [5, 5.41) is 6.72. The molecule has 1 aliphatic rings. The summed E-state index contributed by atoms with van der Waals surface area (Å²) in [7, 11) is 0. The van der Waals surface area contributed by atoms with E-state index in [9.17, 15) is 0 Å². The van der Waals surface area contributed by atoms with Crippen molar-refractivity contribution in [2.75, 3.05) is 18.4 Å². The molecule has 2 aromatic rings. The highest BCUT2D eigenvalue weighted by atomic mass is 15.0. The van der Waals surface area contributed by atoms with Crippen molar-refractivity contribution in [3.8, 4) is 0 Å². The van der Waals surface area contributed by atoms with Gasteiger partial charge in [-0.05, 0) is 42.3 Å². The minimum absolute atomic E-state index is 0.784. The summed E-state index contributed by atoms with van der Waals surface area (Å²) >= 11 is 0. The van der Waals surface area contributed by atoms with Crippen LogP contribution in [0.3, 0.4) is 0 Å². The molecular weight excluding hydrogens is 248 g/mol. The predicted octanol–water partition coefficient (Wildman–Crippen LogP) is 2.43. The van der Waals surface area contributed by atoms with Crippen LogP contribution in [-0.2, 0) is 6.54 Å².